The molecule has 0 unspecified atom stereocenters. The number of benzene rings is 10. The standard InChI is InChI=1S/C57H36O2/c1-57(2)48-30-35(46-32-47-40-15-9-11-21-50(40)58-56(47)54-45-20-10-12-22-51(45)59-55(46)54)25-27-38(48)39-28-26-37(31-49(39)57)53-43-18-7-5-16-41(43)52(42-17-6-8-19-44(42)53)36-24-23-33-13-3-4-14-34(33)29-36/h3-32H,1-2H3. The first-order valence-corrected chi connectivity index (χ1v) is 20.5. The molecular weight excluding hydrogens is 717 g/mol. The van der Waals surface area contributed by atoms with Gasteiger partial charge in [-0.25, -0.2) is 0 Å². The highest BCUT2D eigenvalue weighted by molar-refractivity contribution is 6.25. The van der Waals surface area contributed by atoms with Crippen LogP contribution < -0.4 is 0 Å². The van der Waals surface area contributed by atoms with Crippen LogP contribution >= 0.6 is 0 Å². The van der Waals surface area contributed by atoms with Crippen molar-refractivity contribution in [2.24, 2.45) is 0 Å². The van der Waals surface area contributed by atoms with Gasteiger partial charge in [-0.2, -0.15) is 0 Å². The number of hydrogen-bond donors (Lipinski definition) is 0. The van der Waals surface area contributed by atoms with E-state index >= 15 is 0 Å². The van der Waals surface area contributed by atoms with Crippen molar-refractivity contribution in [3.8, 4) is 44.5 Å². The average molecular weight is 753 g/mol. The number of hydrogen-bond acceptors (Lipinski definition) is 2. The Morgan fingerprint density at radius 3 is 1.47 bits per heavy atom. The van der Waals surface area contributed by atoms with Gasteiger partial charge in [0.25, 0.3) is 0 Å². The molecule has 10 aromatic carbocycles. The minimum atomic E-state index is -0.243. The SMILES string of the molecule is CC1(C)c2cc(-c3c4ccccc4c(-c4ccc5ccccc5c4)c4ccccc34)ccc2-c2ccc(-c3cc4c5ccccc5oc4c4c3oc3ccccc34)cc21. The van der Waals surface area contributed by atoms with Crippen LogP contribution in [0.15, 0.2) is 191 Å². The summed E-state index contributed by atoms with van der Waals surface area (Å²) in [6, 6.07) is 66.6. The lowest BCUT2D eigenvalue weighted by Crippen LogP contribution is -2.15. The van der Waals surface area contributed by atoms with Gasteiger partial charge in [-0.15, -0.1) is 0 Å². The van der Waals surface area contributed by atoms with E-state index in [0.29, 0.717) is 0 Å². The van der Waals surface area contributed by atoms with Gasteiger partial charge < -0.3 is 8.83 Å². The summed E-state index contributed by atoms with van der Waals surface area (Å²) < 4.78 is 13.3. The van der Waals surface area contributed by atoms with E-state index in [1.165, 1.54) is 76.8 Å². The Hall–Kier alpha value is -7.42. The first-order chi connectivity index (χ1) is 29.0. The summed E-state index contributed by atoms with van der Waals surface area (Å²) >= 11 is 0. The van der Waals surface area contributed by atoms with Crippen molar-refractivity contribution < 1.29 is 8.83 Å². The molecule has 0 radical (unpaired) electrons. The molecule has 0 spiro atoms. The fraction of sp³-hybridized carbons (Fsp3) is 0.0526. The predicted molar refractivity (Wildman–Crippen MR) is 247 cm³/mol. The quantitative estimate of drug-likeness (QED) is 0.168. The van der Waals surface area contributed by atoms with Gasteiger partial charge in [-0.3, -0.25) is 0 Å². The Balaban J connectivity index is 0.993. The Morgan fingerprint density at radius 2 is 0.814 bits per heavy atom. The molecule has 1 aliphatic rings. The molecule has 0 atom stereocenters. The molecule has 2 heteroatoms. The summed E-state index contributed by atoms with van der Waals surface area (Å²) in [7, 11) is 0. The molecule has 0 fully saturated rings. The van der Waals surface area contributed by atoms with Crippen LogP contribution in [0.5, 0.6) is 0 Å². The van der Waals surface area contributed by atoms with Crippen LogP contribution in [-0.2, 0) is 5.41 Å². The lowest BCUT2D eigenvalue weighted by Gasteiger charge is -2.23. The molecule has 1 aliphatic carbocycles. The zero-order valence-electron chi connectivity index (χ0n) is 32.6. The molecule has 0 saturated carbocycles. The third-order valence-corrected chi connectivity index (χ3v) is 13.2. The molecule has 0 N–H and O–H groups in total. The monoisotopic (exact) mass is 752 g/mol. The summed E-state index contributed by atoms with van der Waals surface area (Å²) in [5.74, 6) is 0. The molecule has 2 aromatic heterocycles. The second kappa shape index (κ2) is 11.8. The first-order valence-electron chi connectivity index (χ1n) is 20.5. The maximum absolute atomic E-state index is 6.71. The predicted octanol–water partition coefficient (Wildman–Crippen LogP) is 16.3. The van der Waals surface area contributed by atoms with Crippen LogP contribution in [-0.4, -0.2) is 0 Å². The van der Waals surface area contributed by atoms with Crippen LogP contribution in [0.3, 0.4) is 0 Å². The molecule has 2 nitrogen and oxygen atoms in total. The Bertz CT molecular complexity index is 3700. The van der Waals surface area contributed by atoms with E-state index in [9.17, 15) is 0 Å². The largest absolute Gasteiger partial charge is 0.455 e. The zero-order valence-corrected chi connectivity index (χ0v) is 32.6. The van der Waals surface area contributed by atoms with Crippen LogP contribution in [0, 0.1) is 0 Å². The molecule has 2 heterocycles. The number of para-hydroxylation sites is 2. The summed E-state index contributed by atoms with van der Waals surface area (Å²) in [5.41, 5.74) is 15.8. The molecule has 0 saturated heterocycles. The van der Waals surface area contributed by atoms with Crippen molar-refractivity contribution in [3.05, 3.63) is 193 Å². The fourth-order valence-electron chi connectivity index (χ4n) is 10.4. The lowest BCUT2D eigenvalue weighted by atomic mass is 9.80. The van der Waals surface area contributed by atoms with Crippen molar-refractivity contribution in [2.75, 3.05) is 0 Å². The van der Waals surface area contributed by atoms with Gasteiger partial charge >= 0.3 is 0 Å². The molecular formula is C57H36O2. The highest BCUT2D eigenvalue weighted by Gasteiger charge is 2.36. The van der Waals surface area contributed by atoms with Gasteiger partial charge in [0.05, 0.1) is 5.39 Å². The maximum atomic E-state index is 6.71. The number of rotatable bonds is 3. The van der Waals surface area contributed by atoms with Crippen molar-refractivity contribution in [3.63, 3.8) is 0 Å². The molecule has 0 bridgehead atoms. The third kappa shape index (κ3) is 4.52. The smallest absolute Gasteiger partial charge is 0.147 e. The minimum Gasteiger partial charge on any atom is -0.455 e. The van der Waals surface area contributed by atoms with Gasteiger partial charge in [-0.1, -0.05) is 159 Å². The Labute approximate surface area is 340 Å². The Kier molecular flexibility index (Phi) is 6.54. The lowest BCUT2D eigenvalue weighted by molar-refractivity contribution is 0.659. The van der Waals surface area contributed by atoms with E-state index in [2.05, 4.69) is 184 Å². The molecule has 13 rings (SSSR count). The Morgan fingerprint density at radius 1 is 0.339 bits per heavy atom. The van der Waals surface area contributed by atoms with Gasteiger partial charge in [-0.05, 0) is 119 Å². The van der Waals surface area contributed by atoms with Crippen LogP contribution in [0.2, 0.25) is 0 Å². The van der Waals surface area contributed by atoms with Crippen LogP contribution in [0.25, 0.3) is 121 Å². The normalized spacial score (nSPS) is 13.4. The number of fused-ring (bicyclic) bond motifs is 13. The van der Waals surface area contributed by atoms with Crippen molar-refractivity contribution in [2.45, 2.75) is 19.3 Å². The van der Waals surface area contributed by atoms with E-state index in [1.54, 1.807) is 0 Å². The molecule has 59 heavy (non-hydrogen) atoms. The summed E-state index contributed by atoms with van der Waals surface area (Å²) in [4.78, 5) is 0. The molecule has 0 amide bonds. The summed E-state index contributed by atoms with van der Waals surface area (Å²) in [6.45, 7) is 4.77. The van der Waals surface area contributed by atoms with E-state index in [0.717, 1.165) is 55.0 Å². The maximum Gasteiger partial charge on any atom is 0.147 e. The van der Waals surface area contributed by atoms with Gasteiger partial charge in [0.2, 0.25) is 0 Å². The van der Waals surface area contributed by atoms with E-state index < -0.39 is 0 Å². The first kappa shape index (κ1) is 32.6. The van der Waals surface area contributed by atoms with Crippen molar-refractivity contribution in [1.82, 2.24) is 0 Å². The van der Waals surface area contributed by atoms with E-state index in [-0.39, 0.29) is 5.41 Å². The summed E-state index contributed by atoms with van der Waals surface area (Å²) in [5, 5.41) is 11.9. The van der Waals surface area contributed by atoms with Crippen molar-refractivity contribution >= 4 is 76.2 Å². The van der Waals surface area contributed by atoms with Gasteiger partial charge in [0.1, 0.15) is 22.3 Å². The number of furan rings is 2. The van der Waals surface area contributed by atoms with E-state index in [4.69, 9.17) is 8.83 Å². The molecule has 12 aromatic rings. The molecule has 276 valence electrons. The topological polar surface area (TPSA) is 26.3 Å². The molecule has 0 aliphatic heterocycles. The highest BCUT2D eigenvalue weighted by Crippen LogP contribution is 2.53. The van der Waals surface area contributed by atoms with Crippen molar-refractivity contribution in [1.29, 1.82) is 0 Å². The average Bonchev–Trinajstić information content (AvgIpc) is 3.92. The fourth-order valence-corrected chi connectivity index (χ4v) is 10.4. The second-order valence-electron chi connectivity index (χ2n) is 16.8. The zero-order chi connectivity index (χ0) is 39.0. The van der Waals surface area contributed by atoms with Gasteiger partial charge in [0, 0.05) is 27.1 Å². The summed E-state index contributed by atoms with van der Waals surface area (Å²) in [6.07, 6.45) is 0. The van der Waals surface area contributed by atoms with Crippen LogP contribution in [0.1, 0.15) is 25.0 Å². The van der Waals surface area contributed by atoms with Gasteiger partial charge in [0.15, 0.2) is 0 Å². The van der Waals surface area contributed by atoms with Crippen LogP contribution in [0.4, 0.5) is 0 Å². The van der Waals surface area contributed by atoms with E-state index in [1.807, 2.05) is 12.1 Å². The minimum absolute atomic E-state index is 0.243. The third-order valence-electron chi connectivity index (χ3n) is 13.2. The second-order valence-corrected chi connectivity index (χ2v) is 16.8. The highest BCUT2D eigenvalue weighted by atomic mass is 16.3.